The fourth-order valence-corrected chi connectivity index (χ4v) is 4.66. The van der Waals surface area contributed by atoms with Crippen molar-refractivity contribution in [1.82, 2.24) is 9.99 Å². The number of ether oxygens (including phenoxy) is 3. The van der Waals surface area contributed by atoms with E-state index in [0.29, 0.717) is 22.2 Å². The number of aryl methyl sites for hydroxylation is 1. The van der Waals surface area contributed by atoms with Crippen molar-refractivity contribution in [2.75, 3.05) is 11.8 Å². The normalized spacial score (nSPS) is 12.8. The molecule has 0 radical (unpaired) electrons. The largest absolute Gasteiger partial charge is 0.454 e. The van der Waals surface area contributed by atoms with Crippen LogP contribution in [0, 0.1) is 6.92 Å². The molecule has 13 heteroatoms. The Labute approximate surface area is 177 Å². The minimum Gasteiger partial charge on any atom is -0.454 e. The topological polar surface area (TPSA) is 120 Å². The number of amides is 1. The van der Waals surface area contributed by atoms with Crippen LogP contribution in [0.4, 0.5) is 10.7 Å². The van der Waals surface area contributed by atoms with Gasteiger partial charge in [0.1, 0.15) is 10.2 Å². The number of rotatable bonds is 5. The molecule has 0 atom stereocenters. The van der Waals surface area contributed by atoms with Crippen molar-refractivity contribution in [2.45, 2.75) is 11.8 Å². The number of hydrogen-bond donors (Lipinski definition) is 1. The van der Waals surface area contributed by atoms with Crippen LogP contribution in [0.15, 0.2) is 48.9 Å². The maximum absolute atomic E-state index is 12.8. The highest BCUT2D eigenvalue weighted by Gasteiger charge is 2.31. The zero-order valence-electron chi connectivity index (χ0n) is 14.6. The van der Waals surface area contributed by atoms with E-state index in [4.69, 9.17) is 18.7 Å². The molecule has 2 aromatic heterocycles. The summed E-state index contributed by atoms with van der Waals surface area (Å²) in [6, 6.07) is 5.90. The van der Waals surface area contributed by atoms with Gasteiger partial charge in [0, 0.05) is 11.4 Å². The van der Waals surface area contributed by atoms with Crippen molar-refractivity contribution in [1.29, 1.82) is 0 Å². The second-order valence-electron chi connectivity index (χ2n) is 5.66. The molecule has 1 aliphatic rings. The van der Waals surface area contributed by atoms with Gasteiger partial charge in [-0.3, -0.25) is 0 Å². The third-order valence-corrected chi connectivity index (χ3v) is 6.77. The molecule has 4 rings (SSSR count). The molecule has 3 heterocycles. The van der Waals surface area contributed by atoms with Crippen LogP contribution in [-0.4, -0.2) is 26.5 Å². The van der Waals surface area contributed by atoms with Crippen LogP contribution in [0.3, 0.4) is 0 Å². The van der Waals surface area contributed by atoms with Crippen molar-refractivity contribution >= 4 is 49.3 Å². The van der Waals surface area contributed by atoms with Gasteiger partial charge in [-0.2, -0.15) is 16.3 Å². The van der Waals surface area contributed by atoms with Crippen LogP contribution >= 0.6 is 27.3 Å². The average Bonchev–Trinajstić information content (AvgIpc) is 3.43. The van der Waals surface area contributed by atoms with Gasteiger partial charge in [0.25, 0.3) is 15.9 Å². The summed E-state index contributed by atoms with van der Waals surface area (Å²) in [5.41, 5.74) is 0.413. The summed E-state index contributed by atoms with van der Waals surface area (Å²) in [7, 11) is -4.09. The van der Waals surface area contributed by atoms with Crippen LogP contribution in [0.1, 0.15) is 5.69 Å². The molecule has 0 saturated heterocycles. The smallest absolute Gasteiger partial charge is 0.438 e. The zero-order chi connectivity index (χ0) is 20.6. The van der Waals surface area contributed by atoms with Crippen molar-refractivity contribution in [3.8, 4) is 17.2 Å². The van der Waals surface area contributed by atoms with E-state index in [1.807, 2.05) is 0 Å². The molecule has 1 amide bonds. The number of nitrogens with one attached hydrogen (secondary N) is 1. The number of fused-ring (bicyclic) bond motifs is 1. The lowest BCUT2D eigenvalue weighted by Crippen LogP contribution is -2.47. The van der Waals surface area contributed by atoms with E-state index in [2.05, 4.69) is 25.9 Å². The van der Waals surface area contributed by atoms with Gasteiger partial charge < -0.3 is 18.7 Å². The minimum absolute atomic E-state index is 0.0178. The van der Waals surface area contributed by atoms with Gasteiger partial charge in [-0.25, -0.2) is 13.2 Å². The first kappa shape index (κ1) is 19.7. The summed E-state index contributed by atoms with van der Waals surface area (Å²) >= 11 is 4.42. The summed E-state index contributed by atoms with van der Waals surface area (Å²) in [6.45, 7) is 1.68. The van der Waals surface area contributed by atoms with Gasteiger partial charge in [-0.1, -0.05) is 5.16 Å². The Morgan fingerprint density at radius 2 is 2.10 bits per heavy atom. The monoisotopic (exact) mass is 501 g/mol. The quantitative estimate of drug-likeness (QED) is 0.527. The molecule has 1 aliphatic heterocycles. The van der Waals surface area contributed by atoms with Gasteiger partial charge in [0.05, 0.1) is 10.6 Å². The third-order valence-electron chi connectivity index (χ3n) is 3.73. The lowest BCUT2D eigenvalue weighted by molar-refractivity contribution is 0.174. The number of aromatic nitrogens is 1. The molecule has 0 aliphatic carbocycles. The Hall–Kier alpha value is -2.61. The molecule has 0 fully saturated rings. The maximum Gasteiger partial charge on any atom is 0.438 e. The molecule has 10 nitrogen and oxygen atoms in total. The van der Waals surface area contributed by atoms with E-state index in [9.17, 15) is 13.2 Å². The SMILES string of the molecule is Cc1noc(N(NS(=O)(=O)c2ccsc2)C(=O)Oc2ccc3c(c2)OCO3)c1Br. The summed E-state index contributed by atoms with van der Waals surface area (Å²) < 4.78 is 46.4. The van der Waals surface area contributed by atoms with Crippen LogP contribution in [-0.2, 0) is 10.0 Å². The second kappa shape index (κ2) is 7.67. The number of hydrazine groups is 1. The van der Waals surface area contributed by atoms with Gasteiger partial charge >= 0.3 is 6.09 Å². The highest BCUT2D eigenvalue weighted by atomic mass is 79.9. The van der Waals surface area contributed by atoms with Gasteiger partial charge in [-0.05, 0) is 46.4 Å². The number of halogens is 1. The number of benzene rings is 1. The predicted molar refractivity (Wildman–Crippen MR) is 105 cm³/mol. The standard InChI is InChI=1S/C16H12BrN3O7S2/c1-9-14(17)15(27-18-9)20(19-29(22,23)11-4-5-28-7-11)16(21)26-10-2-3-12-13(6-10)25-8-24-12/h2-7,19H,8H2,1H3. The summed E-state index contributed by atoms with van der Waals surface area (Å²) in [5, 5.41) is 7.36. The molecule has 0 bridgehead atoms. The third kappa shape index (κ3) is 3.94. The molecule has 1 N–H and O–H groups in total. The van der Waals surface area contributed by atoms with E-state index in [1.165, 1.54) is 34.9 Å². The number of nitrogens with zero attached hydrogens (tertiary/aromatic N) is 2. The Morgan fingerprint density at radius 3 is 2.79 bits per heavy atom. The van der Waals surface area contributed by atoms with Gasteiger partial charge in [-0.15, -0.1) is 4.83 Å². The van der Waals surface area contributed by atoms with E-state index in [0.717, 1.165) is 0 Å². The van der Waals surface area contributed by atoms with E-state index >= 15 is 0 Å². The number of hydrogen-bond acceptors (Lipinski definition) is 9. The van der Waals surface area contributed by atoms with E-state index < -0.39 is 16.1 Å². The number of carbonyl (C=O) groups excluding carboxylic acids is 1. The van der Waals surface area contributed by atoms with Crippen molar-refractivity contribution < 1.29 is 31.9 Å². The number of carbonyl (C=O) groups is 1. The van der Waals surface area contributed by atoms with Crippen LogP contribution in [0.5, 0.6) is 17.2 Å². The number of anilines is 1. The fourth-order valence-electron chi connectivity index (χ4n) is 2.31. The number of sulfonamides is 1. The first-order valence-electron chi connectivity index (χ1n) is 7.93. The lowest BCUT2D eigenvalue weighted by Gasteiger charge is -2.19. The molecule has 1 aromatic carbocycles. The highest BCUT2D eigenvalue weighted by Crippen LogP contribution is 2.36. The van der Waals surface area contributed by atoms with Gasteiger partial charge in [0.15, 0.2) is 11.5 Å². The molecular formula is C16H12BrN3O7S2. The minimum atomic E-state index is -4.09. The van der Waals surface area contributed by atoms with Gasteiger partial charge in [0.2, 0.25) is 6.79 Å². The Bertz CT molecular complexity index is 1160. The molecule has 29 heavy (non-hydrogen) atoms. The van der Waals surface area contributed by atoms with Crippen LogP contribution < -0.4 is 24.1 Å². The molecular weight excluding hydrogens is 490 g/mol. The lowest BCUT2D eigenvalue weighted by atomic mass is 10.3. The Morgan fingerprint density at radius 1 is 1.31 bits per heavy atom. The van der Waals surface area contributed by atoms with Crippen molar-refractivity contribution in [2.24, 2.45) is 0 Å². The van der Waals surface area contributed by atoms with E-state index in [1.54, 1.807) is 18.4 Å². The molecule has 0 unspecified atom stereocenters. The highest BCUT2D eigenvalue weighted by molar-refractivity contribution is 9.10. The molecule has 3 aromatic rings. The van der Waals surface area contributed by atoms with E-state index in [-0.39, 0.29) is 27.8 Å². The molecule has 0 saturated carbocycles. The first-order valence-corrected chi connectivity index (χ1v) is 11.1. The predicted octanol–water partition coefficient (Wildman–Crippen LogP) is 3.43. The second-order valence-corrected chi connectivity index (χ2v) is 8.89. The molecule has 0 spiro atoms. The maximum atomic E-state index is 12.8. The Kier molecular flexibility index (Phi) is 5.21. The first-order chi connectivity index (χ1) is 13.8. The van der Waals surface area contributed by atoms with Crippen LogP contribution in [0.2, 0.25) is 0 Å². The Balaban J connectivity index is 1.64. The molecule has 152 valence electrons. The van der Waals surface area contributed by atoms with Crippen LogP contribution in [0.25, 0.3) is 0 Å². The fraction of sp³-hybridized carbons (Fsp3) is 0.125. The van der Waals surface area contributed by atoms with Crippen molar-refractivity contribution in [3.05, 3.63) is 45.2 Å². The summed E-state index contributed by atoms with van der Waals surface area (Å²) in [6.07, 6.45) is -1.07. The average molecular weight is 502 g/mol. The summed E-state index contributed by atoms with van der Waals surface area (Å²) in [5.74, 6) is 0.837. The summed E-state index contributed by atoms with van der Waals surface area (Å²) in [4.78, 5) is 15.0. The number of thiophene rings is 1. The van der Waals surface area contributed by atoms with Crippen molar-refractivity contribution in [3.63, 3.8) is 0 Å². The zero-order valence-corrected chi connectivity index (χ0v) is 17.8.